The SMILES string of the molecule is [N-]=[N+]=NC1(C2CCCC2)CCc2c(Cl)cccc21. The van der Waals surface area contributed by atoms with Gasteiger partial charge >= 0.3 is 0 Å². The van der Waals surface area contributed by atoms with Crippen LogP contribution in [0.4, 0.5) is 0 Å². The van der Waals surface area contributed by atoms with Crippen LogP contribution >= 0.6 is 11.6 Å². The molecule has 2 aliphatic rings. The number of azide groups is 1. The monoisotopic (exact) mass is 261 g/mol. The number of halogens is 1. The highest BCUT2D eigenvalue weighted by molar-refractivity contribution is 6.31. The van der Waals surface area contributed by atoms with Crippen molar-refractivity contribution in [1.82, 2.24) is 0 Å². The van der Waals surface area contributed by atoms with Gasteiger partial charge in [-0.2, -0.15) is 0 Å². The second-order valence-electron chi connectivity index (χ2n) is 5.36. The molecule has 0 bridgehead atoms. The first-order valence-corrected chi connectivity index (χ1v) is 7.00. The summed E-state index contributed by atoms with van der Waals surface area (Å²) in [5.74, 6) is 0.494. The first kappa shape index (κ1) is 11.9. The van der Waals surface area contributed by atoms with Gasteiger partial charge in [-0.15, -0.1) is 0 Å². The predicted molar refractivity (Wildman–Crippen MR) is 72.6 cm³/mol. The molecule has 0 aromatic heterocycles. The van der Waals surface area contributed by atoms with Crippen molar-refractivity contribution in [1.29, 1.82) is 0 Å². The summed E-state index contributed by atoms with van der Waals surface area (Å²) in [6, 6.07) is 6.01. The fourth-order valence-corrected chi connectivity index (χ4v) is 4.03. The molecular formula is C14H16ClN3. The van der Waals surface area contributed by atoms with Gasteiger partial charge in [-0.05, 0) is 54.3 Å². The number of hydrogen-bond acceptors (Lipinski definition) is 1. The van der Waals surface area contributed by atoms with Crippen molar-refractivity contribution in [3.8, 4) is 0 Å². The fourth-order valence-electron chi connectivity index (χ4n) is 3.76. The quantitative estimate of drug-likeness (QED) is 0.409. The third-order valence-corrected chi connectivity index (χ3v) is 4.95. The van der Waals surface area contributed by atoms with Crippen molar-refractivity contribution in [2.45, 2.75) is 44.1 Å². The average Bonchev–Trinajstić information content (AvgIpc) is 2.99. The Hall–Kier alpha value is -1.18. The molecule has 4 heteroatoms. The zero-order valence-corrected chi connectivity index (χ0v) is 11.0. The Bertz CT molecular complexity index is 516. The molecule has 0 aliphatic heterocycles. The van der Waals surface area contributed by atoms with Gasteiger partial charge in [0.2, 0.25) is 0 Å². The summed E-state index contributed by atoms with van der Waals surface area (Å²) in [6.45, 7) is 0. The zero-order chi connectivity index (χ0) is 12.6. The first-order valence-electron chi connectivity index (χ1n) is 6.62. The molecule has 3 rings (SSSR count). The molecule has 1 aromatic rings. The van der Waals surface area contributed by atoms with E-state index in [-0.39, 0.29) is 5.54 Å². The third-order valence-electron chi connectivity index (χ3n) is 4.60. The molecule has 0 heterocycles. The van der Waals surface area contributed by atoms with Crippen LogP contribution in [0.5, 0.6) is 0 Å². The Balaban J connectivity index is 2.13. The van der Waals surface area contributed by atoms with Gasteiger partial charge < -0.3 is 0 Å². The van der Waals surface area contributed by atoms with Crippen LogP contribution in [0, 0.1) is 5.92 Å². The Morgan fingerprint density at radius 2 is 2.11 bits per heavy atom. The summed E-state index contributed by atoms with van der Waals surface area (Å²) in [7, 11) is 0. The molecule has 18 heavy (non-hydrogen) atoms. The van der Waals surface area contributed by atoms with Gasteiger partial charge in [0, 0.05) is 9.93 Å². The molecular weight excluding hydrogens is 246 g/mol. The van der Waals surface area contributed by atoms with Crippen LogP contribution in [-0.4, -0.2) is 0 Å². The lowest BCUT2D eigenvalue weighted by Crippen LogP contribution is -2.28. The van der Waals surface area contributed by atoms with E-state index in [1.807, 2.05) is 12.1 Å². The lowest BCUT2D eigenvalue weighted by molar-refractivity contribution is 0.277. The summed E-state index contributed by atoms with van der Waals surface area (Å²) in [5.41, 5.74) is 11.0. The maximum atomic E-state index is 8.97. The standard InChI is InChI=1S/C14H16ClN3/c15-13-7-3-6-12-11(13)8-9-14(12,17-18-16)10-4-1-2-5-10/h3,6-7,10H,1-2,4-5,8-9H2. The Morgan fingerprint density at radius 3 is 2.83 bits per heavy atom. The van der Waals surface area contributed by atoms with Crippen LogP contribution in [-0.2, 0) is 12.0 Å². The summed E-state index contributed by atoms with van der Waals surface area (Å²) < 4.78 is 0. The summed E-state index contributed by atoms with van der Waals surface area (Å²) >= 11 is 6.27. The first-order chi connectivity index (χ1) is 8.78. The van der Waals surface area contributed by atoms with Gasteiger partial charge in [0.1, 0.15) is 0 Å². The van der Waals surface area contributed by atoms with E-state index in [4.69, 9.17) is 17.1 Å². The van der Waals surface area contributed by atoms with E-state index in [9.17, 15) is 0 Å². The number of benzene rings is 1. The van der Waals surface area contributed by atoms with E-state index in [1.165, 1.54) is 36.8 Å². The number of rotatable bonds is 2. The van der Waals surface area contributed by atoms with Gasteiger partial charge in [-0.25, -0.2) is 0 Å². The van der Waals surface area contributed by atoms with E-state index < -0.39 is 0 Å². The fraction of sp³-hybridized carbons (Fsp3) is 0.571. The van der Waals surface area contributed by atoms with Crippen molar-refractivity contribution >= 4 is 11.6 Å². The Kier molecular flexibility index (Phi) is 2.96. The molecule has 2 aliphatic carbocycles. The minimum atomic E-state index is -0.328. The van der Waals surface area contributed by atoms with E-state index in [2.05, 4.69) is 16.1 Å². The van der Waals surface area contributed by atoms with E-state index in [0.717, 1.165) is 17.9 Å². The summed E-state index contributed by atoms with van der Waals surface area (Å²) in [4.78, 5) is 3.14. The number of fused-ring (bicyclic) bond motifs is 1. The van der Waals surface area contributed by atoms with Crippen LogP contribution in [0.3, 0.4) is 0 Å². The van der Waals surface area contributed by atoms with Gasteiger partial charge in [-0.1, -0.05) is 41.7 Å². The minimum Gasteiger partial charge on any atom is -0.0840 e. The minimum absolute atomic E-state index is 0.328. The Labute approximate surface area is 112 Å². The lowest BCUT2D eigenvalue weighted by atomic mass is 9.79. The number of nitrogens with zero attached hydrogens (tertiary/aromatic N) is 3. The van der Waals surface area contributed by atoms with Crippen molar-refractivity contribution in [2.24, 2.45) is 11.0 Å². The van der Waals surface area contributed by atoms with Crippen LogP contribution < -0.4 is 0 Å². The van der Waals surface area contributed by atoms with Gasteiger partial charge in [0.25, 0.3) is 0 Å². The highest BCUT2D eigenvalue weighted by atomic mass is 35.5. The topological polar surface area (TPSA) is 48.8 Å². The van der Waals surface area contributed by atoms with Crippen molar-refractivity contribution in [3.63, 3.8) is 0 Å². The Morgan fingerprint density at radius 1 is 1.33 bits per heavy atom. The molecule has 0 radical (unpaired) electrons. The van der Waals surface area contributed by atoms with Crippen LogP contribution in [0.25, 0.3) is 10.4 Å². The molecule has 1 atom stereocenters. The van der Waals surface area contributed by atoms with Gasteiger partial charge in [0.15, 0.2) is 0 Å². The van der Waals surface area contributed by atoms with Crippen molar-refractivity contribution in [3.05, 3.63) is 44.8 Å². The zero-order valence-electron chi connectivity index (χ0n) is 10.3. The lowest BCUT2D eigenvalue weighted by Gasteiger charge is -2.31. The third kappa shape index (κ3) is 1.62. The summed E-state index contributed by atoms with van der Waals surface area (Å²) in [5, 5.41) is 5.06. The van der Waals surface area contributed by atoms with Crippen molar-refractivity contribution in [2.75, 3.05) is 0 Å². The second-order valence-corrected chi connectivity index (χ2v) is 5.77. The molecule has 0 amide bonds. The van der Waals surface area contributed by atoms with Crippen molar-refractivity contribution < 1.29 is 0 Å². The van der Waals surface area contributed by atoms with E-state index in [0.29, 0.717) is 5.92 Å². The second kappa shape index (κ2) is 4.49. The summed E-state index contributed by atoms with van der Waals surface area (Å²) in [6.07, 6.45) is 6.70. The molecule has 0 N–H and O–H groups in total. The van der Waals surface area contributed by atoms with Crippen LogP contribution in [0.2, 0.25) is 5.02 Å². The van der Waals surface area contributed by atoms with E-state index >= 15 is 0 Å². The highest BCUT2D eigenvalue weighted by Gasteiger charge is 2.45. The molecule has 1 saturated carbocycles. The highest BCUT2D eigenvalue weighted by Crippen LogP contribution is 2.52. The van der Waals surface area contributed by atoms with E-state index in [1.54, 1.807) is 0 Å². The molecule has 1 fully saturated rings. The maximum Gasteiger partial charge on any atom is 0.0772 e. The number of hydrogen-bond donors (Lipinski definition) is 0. The normalized spacial score (nSPS) is 26.9. The largest absolute Gasteiger partial charge is 0.0840 e. The van der Waals surface area contributed by atoms with Gasteiger partial charge in [-0.3, -0.25) is 0 Å². The molecule has 0 saturated heterocycles. The maximum absolute atomic E-state index is 8.97. The molecule has 94 valence electrons. The van der Waals surface area contributed by atoms with Crippen LogP contribution in [0.1, 0.15) is 43.2 Å². The molecule has 0 spiro atoms. The molecule has 1 aromatic carbocycles. The van der Waals surface area contributed by atoms with Crippen LogP contribution in [0.15, 0.2) is 23.3 Å². The van der Waals surface area contributed by atoms with Gasteiger partial charge in [0.05, 0.1) is 5.54 Å². The predicted octanol–water partition coefficient (Wildman–Crippen LogP) is 4.98. The molecule has 3 nitrogen and oxygen atoms in total. The smallest absolute Gasteiger partial charge is 0.0772 e. The average molecular weight is 262 g/mol. The molecule has 1 unspecified atom stereocenters.